The number of hydrogen-bond donors (Lipinski definition) is 0. The molecule has 2 aliphatic carbocycles. The van der Waals surface area contributed by atoms with Gasteiger partial charge in [0.1, 0.15) is 0 Å². The average Bonchev–Trinajstić information content (AvgIpc) is 3.65. The smallest absolute Gasteiger partial charge is 0.0616 e. The van der Waals surface area contributed by atoms with Crippen LogP contribution in [-0.2, 0) is 5.41 Å². The molecule has 0 bridgehead atoms. The summed E-state index contributed by atoms with van der Waals surface area (Å²) in [6, 6.07) is 64.8. The molecule has 12 rings (SSSR count). The highest BCUT2D eigenvalue weighted by atomic mass is 14.5. The summed E-state index contributed by atoms with van der Waals surface area (Å²) in [5.41, 5.74) is 15.6. The molecule has 246 valence electrons. The van der Waals surface area contributed by atoms with Crippen LogP contribution in [0.1, 0.15) is 33.4 Å². The van der Waals surface area contributed by atoms with E-state index in [1.807, 2.05) is 0 Å². The first-order valence-corrected chi connectivity index (χ1v) is 18.8. The van der Waals surface area contributed by atoms with Crippen molar-refractivity contribution in [3.05, 3.63) is 203 Å². The van der Waals surface area contributed by atoms with Crippen molar-refractivity contribution in [2.24, 2.45) is 0 Å². The van der Waals surface area contributed by atoms with Gasteiger partial charge in [-0.1, -0.05) is 163 Å². The zero-order valence-electron chi connectivity index (χ0n) is 29.7. The molecule has 0 fully saturated rings. The van der Waals surface area contributed by atoms with E-state index in [1.165, 1.54) is 121 Å². The lowest BCUT2D eigenvalue weighted by atomic mass is 9.69. The van der Waals surface area contributed by atoms with Crippen LogP contribution in [0.25, 0.3) is 87.2 Å². The highest BCUT2D eigenvalue weighted by Crippen LogP contribution is 2.63. The van der Waals surface area contributed by atoms with E-state index in [-0.39, 0.29) is 0 Å². The molecule has 2 aliphatic rings. The second-order valence-corrected chi connectivity index (χ2v) is 15.3. The van der Waals surface area contributed by atoms with Crippen molar-refractivity contribution in [3.8, 4) is 33.4 Å². The SMILES string of the molecule is Cc1ccc2c(c1)-c1cc(C)ccc1C21c2cccc3ccc4cc(-c5c6ccccc6c(-c6ccc7ccccc7c6)c6ccccc56)cc1c4c23. The van der Waals surface area contributed by atoms with Gasteiger partial charge in [-0.05, 0) is 142 Å². The Balaban J connectivity index is 1.22. The highest BCUT2D eigenvalue weighted by molar-refractivity contribution is 6.24. The van der Waals surface area contributed by atoms with Crippen molar-refractivity contribution in [2.75, 3.05) is 0 Å². The number of hydrogen-bond acceptors (Lipinski definition) is 0. The third-order valence-electron chi connectivity index (χ3n) is 12.5. The van der Waals surface area contributed by atoms with Crippen molar-refractivity contribution in [3.63, 3.8) is 0 Å². The van der Waals surface area contributed by atoms with Gasteiger partial charge in [0.05, 0.1) is 5.41 Å². The lowest BCUT2D eigenvalue weighted by molar-refractivity contribution is 0.796. The van der Waals surface area contributed by atoms with Crippen LogP contribution in [0.2, 0.25) is 0 Å². The van der Waals surface area contributed by atoms with Crippen LogP contribution in [-0.4, -0.2) is 0 Å². The van der Waals surface area contributed by atoms with Crippen LogP contribution < -0.4 is 0 Å². The first kappa shape index (κ1) is 29.1. The van der Waals surface area contributed by atoms with Gasteiger partial charge in [-0.15, -0.1) is 0 Å². The lowest BCUT2D eigenvalue weighted by Crippen LogP contribution is -2.26. The Kier molecular flexibility index (Phi) is 5.66. The van der Waals surface area contributed by atoms with E-state index >= 15 is 0 Å². The van der Waals surface area contributed by atoms with Gasteiger partial charge in [-0.3, -0.25) is 0 Å². The fraction of sp³-hybridized carbons (Fsp3) is 0.0566. The Labute approximate surface area is 308 Å². The molecule has 0 unspecified atom stereocenters. The Morgan fingerprint density at radius 1 is 0.321 bits per heavy atom. The maximum Gasteiger partial charge on any atom is 0.0726 e. The summed E-state index contributed by atoms with van der Waals surface area (Å²) >= 11 is 0. The van der Waals surface area contributed by atoms with Gasteiger partial charge in [-0.25, -0.2) is 0 Å². The number of aryl methyl sites for hydroxylation is 2. The molecule has 0 N–H and O–H groups in total. The van der Waals surface area contributed by atoms with Gasteiger partial charge in [0.2, 0.25) is 0 Å². The summed E-state index contributed by atoms with van der Waals surface area (Å²) in [6.07, 6.45) is 0. The molecule has 0 nitrogen and oxygen atoms in total. The number of benzene rings is 10. The van der Waals surface area contributed by atoms with Gasteiger partial charge in [0.25, 0.3) is 0 Å². The standard InChI is InChI=1S/C53H34/c1-31-18-24-45-43(26-31)44-27-32(2)19-25-46(44)53(45)47-17-9-12-34-21-23-37-29-38(30-48(53)52(37)51(34)47)50-41-15-7-5-13-39(41)49(40-14-6-8-16-42(40)50)36-22-20-33-10-3-4-11-35(33)28-36/h3-30H,1-2H3. The summed E-state index contributed by atoms with van der Waals surface area (Å²) in [5.74, 6) is 0. The molecule has 0 atom stereocenters. The molecule has 0 saturated carbocycles. The number of rotatable bonds is 2. The fourth-order valence-electron chi connectivity index (χ4n) is 10.4. The quantitative estimate of drug-likeness (QED) is 0.127. The van der Waals surface area contributed by atoms with Crippen LogP contribution in [0.3, 0.4) is 0 Å². The molecule has 0 amide bonds. The molecule has 0 aromatic heterocycles. The summed E-state index contributed by atoms with van der Waals surface area (Å²) < 4.78 is 0. The van der Waals surface area contributed by atoms with Crippen LogP contribution in [0, 0.1) is 13.8 Å². The molecule has 0 aliphatic heterocycles. The minimum atomic E-state index is -0.403. The predicted octanol–water partition coefficient (Wildman–Crippen LogP) is 14.1. The van der Waals surface area contributed by atoms with Crippen molar-refractivity contribution in [2.45, 2.75) is 19.3 Å². The van der Waals surface area contributed by atoms with E-state index in [2.05, 4.69) is 184 Å². The maximum absolute atomic E-state index is 2.57. The first-order chi connectivity index (χ1) is 26.1. The van der Waals surface area contributed by atoms with Crippen molar-refractivity contribution in [1.29, 1.82) is 0 Å². The van der Waals surface area contributed by atoms with Crippen molar-refractivity contribution >= 4 is 53.9 Å². The van der Waals surface area contributed by atoms with E-state index < -0.39 is 5.41 Å². The van der Waals surface area contributed by atoms with E-state index in [1.54, 1.807) is 0 Å². The van der Waals surface area contributed by atoms with Crippen LogP contribution >= 0.6 is 0 Å². The predicted molar refractivity (Wildman–Crippen MR) is 225 cm³/mol. The molecular weight excluding hydrogens is 637 g/mol. The zero-order chi connectivity index (χ0) is 35.0. The van der Waals surface area contributed by atoms with Gasteiger partial charge in [0.15, 0.2) is 0 Å². The molecule has 1 spiro atoms. The van der Waals surface area contributed by atoms with Crippen LogP contribution in [0.4, 0.5) is 0 Å². The molecule has 0 saturated heterocycles. The molecule has 10 aromatic rings. The van der Waals surface area contributed by atoms with Gasteiger partial charge < -0.3 is 0 Å². The third-order valence-corrected chi connectivity index (χ3v) is 12.5. The summed E-state index contributed by atoms with van der Waals surface area (Å²) in [5, 5.41) is 13.1. The average molecular weight is 671 g/mol. The van der Waals surface area contributed by atoms with E-state index in [4.69, 9.17) is 0 Å². The van der Waals surface area contributed by atoms with Gasteiger partial charge >= 0.3 is 0 Å². The Hall–Kier alpha value is -6.50. The number of fused-ring (bicyclic) bond motifs is 10. The second-order valence-electron chi connectivity index (χ2n) is 15.3. The van der Waals surface area contributed by atoms with Crippen molar-refractivity contribution in [1.82, 2.24) is 0 Å². The summed E-state index contributed by atoms with van der Waals surface area (Å²) in [4.78, 5) is 0. The lowest BCUT2D eigenvalue weighted by Gasteiger charge is -2.31. The third kappa shape index (κ3) is 3.70. The summed E-state index contributed by atoms with van der Waals surface area (Å²) in [7, 11) is 0. The Bertz CT molecular complexity index is 3140. The Morgan fingerprint density at radius 2 is 0.830 bits per heavy atom. The minimum absolute atomic E-state index is 0.403. The van der Waals surface area contributed by atoms with Crippen LogP contribution in [0.5, 0.6) is 0 Å². The maximum atomic E-state index is 2.57. The molecule has 0 heterocycles. The zero-order valence-corrected chi connectivity index (χ0v) is 29.7. The highest BCUT2D eigenvalue weighted by Gasteiger charge is 2.51. The molecular formula is C53H34. The molecule has 53 heavy (non-hydrogen) atoms. The fourth-order valence-corrected chi connectivity index (χ4v) is 10.4. The van der Waals surface area contributed by atoms with E-state index in [9.17, 15) is 0 Å². The normalized spacial score (nSPS) is 13.6. The largest absolute Gasteiger partial charge is 0.0726 e. The molecule has 10 aromatic carbocycles. The topological polar surface area (TPSA) is 0 Å². The first-order valence-electron chi connectivity index (χ1n) is 18.8. The van der Waals surface area contributed by atoms with Crippen LogP contribution in [0.15, 0.2) is 170 Å². The van der Waals surface area contributed by atoms with E-state index in [0.29, 0.717) is 0 Å². The minimum Gasteiger partial charge on any atom is -0.0616 e. The van der Waals surface area contributed by atoms with Gasteiger partial charge in [0, 0.05) is 0 Å². The Morgan fingerprint density at radius 3 is 1.49 bits per heavy atom. The molecule has 0 radical (unpaired) electrons. The van der Waals surface area contributed by atoms with Gasteiger partial charge in [-0.2, -0.15) is 0 Å². The van der Waals surface area contributed by atoms with Crippen molar-refractivity contribution < 1.29 is 0 Å². The summed E-state index contributed by atoms with van der Waals surface area (Å²) in [6.45, 7) is 4.45. The monoisotopic (exact) mass is 670 g/mol. The van der Waals surface area contributed by atoms with E-state index in [0.717, 1.165) is 0 Å². The molecule has 0 heteroatoms. The second kappa shape index (κ2) is 10.3.